The summed E-state index contributed by atoms with van der Waals surface area (Å²) in [5.41, 5.74) is 0. The van der Waals surface area contributed by atoms with Gasteiger partial charge in [0, 0.05) is 4.88 Å². The van der Waals surface area contributed by atoms with Gasteiger partial charge in [-0.1, -0.05) is 20.3 Å². The number of nitrogens with zero attached hydrogens (tertiary/aromatic N) is 1. The van der Waals surface area contributed by atoms with Crippen LogP contribution in [0, 0.1) is 6.92 Å². The molecular weight excluding hydrogens is 218 g/mol. The van der Waals surface area contributed by atoms with Crippen LogP contribution in [0.3, 0.4) is 0 Å². The highest BCUT2D eigenvalue weighted by atomic mass is 32.1. The van der Waals surface area contributed by atoms with Gasteiger partial charge in [-0.15, -0.1) is 11.3 Å². The quantitative estimate of drug-likeness (QED) is 0.680. The van der Waals surface area contributed by atoms with E-state index >= 15 is 0 Å². The fraction of sp³-hybridized carbons (Fsp3) is 0.615. The standard InChI is InChI=1S/C13H21NOS/c1-4-6-9-14(5-2)10-12(15)13-8-7-11(3)16-13/h7-8H,4-6,9-10H2,1-3H3. The third-order valence-electron chi connectivity index (χ3n) is 2.66. The van der Waals surface area contributed by atoms with Crippen molar-refractivity contribution in [2.24, 2.45) is 0 Å². The number of likely N-dealkylation sites (N-methyl/N-ethyl adjacent to an activating group) is 1. The van der Waals surface area contributed by atoms with Gasteiger partial charge >= 0.3 is 0 Å². The van der Waals surface area contributed by atoms with Crippen LogP contribution < -0.4 is 0 Å². The number of unbranched alkanes of at least 4 members (excludes halogenated alkanes) is 1. The van der Waals surface area contributed by atoms with E-state index in [1.807, 2.05) is 19.1 Å². The number of Topliss-reactive ketones (excluding diaryl/α,β-unsaturated/α-hetero) is 1. The van der Waals surface area contributed by atoms with Crippen LogP contribution in [0.2, 0.25) is 0 Å². The zero-order chi connectivity index (χ0) is 12.0. The molecule has 0 amide bonds. The minimum atomic E-state index is 0.260. The Hall–Kier alpha value is -0.670. The normalized spacial score (nSPS) is 11.0. The lowest BCUT2D eigenvalue weighted by atomic mass is 10.2. The second-order valence-electron chi connectivity index (χ2n) is 4.06. The van der Waals surface area contributed by atoms with Crippen molar-refractivity contribution in [3.05, 3.63) is 21.9 Å². The Balaban J connectivity index is 2.48. The highest BCUT2D eigenvalue weighted by Gasteiger charge is 2.12. The molecule has 0 atom stereocenters. The van der Waals surface area contributed by atoms with Gasteiger partial charge < -0.3 is 0 Å². The molecule has 0 saturated heterocycles. The molecule has 0 fully saturated rings. The number of carbonyl (C=O) groups excluding carboxylic acids is 1. The van der Waals surface area contributed by atoms with Gasteiger partial charge in [-0.3, -0.25) is 9.69 Å². The van der Waals surface area contributed by atoms with E-state index in [9.17, 15) is 4.79 Å². The lowest BCUT2D eigenvalue weighted by Crippen LogP contribution is -2.30. The first-order valence-electron chi connectivity index (χ1n) is 5.99. The molecule has 1 heterocycles. The predicted octanol–water partition coefficient (Wildman–Crippen LogP) is 3.36. The lowest BCUT2D eigenvalue weighted by Gasteiger charge is -2.18. The molecule has 2 nitrogen and oxygen atoms in total. The molecule has 0 radical (unpaired) electrons. The number of carbonyl (C=O) groups is 1. The molecule has 16 heavy (non-hydrogen) atoms. The van der Waals surface area contributed by atoms with Gasteiger partial charge in [0.1, 0.15) is 0 Å². The summed E-state index contributed by atoms with van der Waals surface area (Å²) < 4.78 is 0. The van der Waals surface area contributed by atoms with Gasteiger partial charge in [0.2, 0.25) is 0 Å². The summed E-state index contributed by atoms with van der Waals surface area (Å²) in [7, 11) is 0. The van der Waals surface area contributed by atoms with Gasteiger partial charge in [-0.25, -0.2) is 0 Å². The Morgan fingerprint density at radius 1 is 1.38 bits per heavy atom. The molecule has 1 aromatic heterocycles. The van der Waals surface area contributed by atoms with E-state index < -0.39 is 0 Å². The van der Waals surface area contributed by atoms with E-state index in [0.717, 1.165) is 18.0 Å². The van der Waals surface area contributed by atoms with E-state index in [0.29, 0.717) is 6.54 Å². The molecular formula is C13H21NOS. The Labute approximate surface area is 102 Å². The average Bonchev–Trinajstić information content (AvgIpc) is 2.70. The molecule has 3 heteroatoms. The molecule has 0 aliphatic heterocycles. The zero-order valence-electron chi connectivity index (χ0n) is 10.5. The maximum absolute atomic E-state index is 12.0. The molecule has 0 bridgehead atoms. The van der Waals surface area contributed by atoms with Gasteiger partial charge in [0.15, 0.2) is 5.78 Å². The Kier molecular flexibility index (Phi) is 5.71. The molecule has 0 aliphatic carbocycles. The second kappa shape index (κ2) is 6.81. The van der Waals surface area contributed by atoms with Crippen molar-refractivity contribution in [2.45, 2.75) is 33.6 Å². The van der Waals surface area contributed by atoms with Crippen molar-refractivity contribution in [1.29, 1.82) is 0 Å². The predicted molar refractivity (Wildman–Crippen MR) is 70.4 cm³/mol. The minimum absolute atomic E-state index is 0.260. The summed E-state index contributed by atoms with van der Waals surface area (Å²) in [5.74, 6) is 0.260. The van der Waals surface area contributed by atoms with Gasteiger partial charge in [-0.05, 0) is 38.6 Å². The number of aryl methyl sites for hydroxylation is 1. The van der Waals surface area contributed by atoms with Crippen molar-refractivity contribution in [2.75, 3.05) is 19.6 Å². The number of hydrogen-bond acceptors (Lipinski definition) is 3. The molecule has 1 aromatic rings. The Morgan fingerprint density at radius 3 is 2.62 bits per heavy atom. The van der Waals surface area contributed by atoms with Crippen molar-refractivity contribution in [3.63, 3.8) is 0 Å². The molecule has 0 spiro atoms. The van der Waals surface area contributed by atoms with E-state index in [1.165, 1.54) is 17.7 Å². The number of thiophene rings is 1. The molecule has 0 N–H and O–H groups in total. The summed E-state index contributed by atoms with van der Waals surface area (Å²) in [6.07, 6.45) is 2.35. The Morgan fingerprint density at radius 2 is 2.12 bits per heavy atom. The maximum Gasteiger partial charge on any atom is 0.186 e. The van der Waals surface area contributed by atoms with Crippen LogP contribution in [0.1, 0.15) is 41.2 Å². The van der Waals surface area contributed by atoms with Crippen molar-refractivity contribution in [1.82, 2.24) is 4.90 Å². The highest BCUT2D eigenvalue weighted by molar-refractivity contribution is 7.14. The highest BCUT2D eigenvalue weighted by Crippen LogP contribution is 2.16. The van der Waals surface area contributed by atoms with Crippen LogP contribution in [-0.2, 0) is 0 Å². The second-order valence-corrected chi connectivity index (χ2v) is 5.34. The summed E-state index contributed by atoms with van der Waals surface area (Å²) in [6, 6.07) is 3.95. The van der Waals surface area contributed by atoms with Crippen molar-refractivity contribution in [3.8, 4) is 0 Å². The SMILES string of the molecule is CCCCN(CC)CC(=O)c1ccc(C)s1. The van der Waals surface area contributed by atoms with Gasteiger partial charge in [-0.2, -0.15) is 0 Å². The first-order valence-corrected chi connectivity index (χ1v) is 6.81. The number of rotatable bonds is 7. The van der Waals surface area contributed by atoms with Crippen LogP contribution in [0.15, 0.2) is 12.1 Å². The molecule has 90 valence electrons. The van der Waals surface area contributed by atoms with Crippen LogP contribution in [0.25, 0.3) is 0 Å². The summed E-state index contributed by atoms with van der Waals surface area (Å²) in [5, 5.41) is 0. The van der Waals surface area contributed by atoms with Gasteiger partial charge in [0.25, 0.3) is 0 Å². The van der Waals surface area contributed by atoms with Crippen LogP contribution >= 0.6 is 11.3 Å². The van der Waals surface area contributed by atoms with E-state index in [4.69, 9.17) is 0 Å². The first-order chi connectivity index (χ1) is 7.67. The van der Waals surface area contributed by atoms with Crippen molar-refractivity contribution >= 4 is 17.1 Å². The van der Waals surface area contributed by atoms with Crippen LogP contribution in [0.4, 0.5) is 0 Å². The molecule has 1 rings (SSSR count). The lowest BCUT2D eigenvalue weighted by molar-refractivity contribution is 0.0937. The van der Waals surface area contributed by atoms with Crippen molar-refractivity contribution < 1.29 is 4.79 Å². The zero-order valence-corrected chi connectivity index (χ0v) is 11.3. The van der Waals surface area contributed by atoms with Crippen LogP contribution in [-0.4, -0.2) is 30.3 Å². The fourth-order valence-electron chi connectivity index (χ4n) is 1.60. The molecule has 0 unspecified atom stereocenters. The third-order valence-corrected chi connectivity index (χ3v) is 3.70. The average molecular weight is 239 g/mol. The summed E-state index contributed by atoms with van der Waals surface area (Å²) >= 11 is 1.60. The van der Waals surface area contributed by atoms with Gasteiger partial charge in [0.05, 0.1) is 11.4 Å². The Bertz CT molecular complexity index is 332. The maximum atomic E-state index is 12.0. The van der Waals surface area contributed by atoms with Crippen LogP contribution in [0.5, 0.6) is 0 Å². The molecule has 0 aromatic carbocycles. The minimum Gasteiger partial charge on any atom is -0.296 e. The molecule has 0 saturated carbocycles. The fourth-order valence-corrected chi connectivity index (χ4v) is 2.39. The first kappa shape index (κ1) is 13.4. The largest absolute Gasteiger partial charge is 0.296 e. The van der Waals surface area contributed by atoms with E-state index in [1.54, 1.807) is 11.3 Å². The number of hydrogen-bond donors (Lipinski definition) is 0. The smallest absolute Gasteiger partial charge is 0.186 e. The topological polar surface area (TPSA) is 20.3 Å². The number of ketones is 1. The molecule has 0 aliphatic rings. The third kappa shape index (κ3) is 4.06. The summed E-state index contributed by atoms with van der Waals surface area (Å²) in [4.78, 5) is 16.3. The monoisotopic (exact) mass is 239 g/mol. The van der Waals surface area contributed by atoms with E-state index in [2.05, 4.69) is 18.7 Å². The summed E-state index contributed by atoms with van der Waals surface area (Å²) in [6.45, 7) is 8.88. The van der Waals surface area contributed by atoms with E-state index in [-0.39, 0.29) is 5.78 Å².